The molecule has 2 heterocycles. The highest BCUT2D eigenvalue weighted by Crippen LogP contribution is 2.30. The topological polar surface area (TPSA) is 59.1 Å². The molecule has 4 nitrogen and oxygen atoms in total. The fourth-order valence-corrected chi connectivity index (χ4v) is 4.75. The van der Waals surface area contributed by atoms with Crippen molar-refractivity contribution in [2.45, 2.75) is 4.21 Å². The average molecular weight is 354 g/mol. The minimum absolute atomic E-state index is 0.115. The van der Waals surface area contributed by atoms with Crippen LogP contribution in [0.15, 0.2) is 38.5 Å². The van der Waals surface area contributed by atoms with Crippen LogP contribution in [0.4, 0.5) is 5.69 Å². The van der Waals surface area contributed by atoms with Gasteiger partial charge in [-0.3, -0.25) is 4.72 Å². The smallest absolute Gasteiger partial charge is 0.272 e. The van der Waals surface area contributed by atoms with E-state index in [1.807, 2.05) is 0 Å². The van der Waals surface area contributed by atoms with Crippen molar-refractivity contribution in [2.75, 3.05) is 4.72 Å². The first kappa shape index (κ1) is 12.8. The number of pyridine rings is 1. The lowest BCUT2D eigenvalue weighted by Gasteiger charge is -2.07. The monoisotopic (exact) mass is 352 g/mol. The molecule has 0 bridgehead atoms. The van der Waals surface area contributed by atoms with Crippen LogP contribution in [-0.4, -0.2) is 13.4 Å². The highest BCUT2D eigenvalue weighted by molar-refractivity contribution is 9.10. The van der Waals surface area contributed by atoms with Gasteiger partial charge in [0.1, 0.15) is 0 Å². The molecule has 0 aliphatic carbocycles. The molecule has 90 valence electrons. The standard InChI is InChI=1S/C9H6BrClN2O2S2/c10-6-3-5-16-9(6)17(14,15)13-7-2-1-4-12-8(7)11/h1-5,13H. The number of hydrogen-bond acceptors (Lipinski definition) is 4. The van der Waals surface area contributed by atoms with Gasteiger partial charge in [-0.15, -0.1) is 11.3 Å². The molecule has 0 saturated carbocycles. The molecule has 0 aromatic carbocycles. The lowest BCUT2D eigenvalue weighted by atomic mass is 10.4. The fourth-order valence-electron chi connectivity index (χ4n) is 1.12. The highest BCUT2D eigenvalue weighted by Gasteiger charge is 2.20. The number of halogens is 2. The van der Waals surface area contributed by atoms with Gasteiger partial charge in [0, 0.05) is 10.7 Å². The number of aromatic nitrogens is 1. The van der Waals surface area contributed by atoms with Gasteiger partial charge in [-0.05, 0) is 39.5 Å². The van der Waals surface area contributed by atoms with Gasteiger partial charge < -0.3 is 0 Å². The van der Waals surface area contributed by atoms with Crippen LogP contribution in [0, 0.1) is 0 Å². The van der Waals surface area contributed by atoms with E-state index in [0.717, 1.165) is 11.3 Å². The Morgan fingerprint density at radius 1 is 1.41 bits per heavy atom. The van der Waals surface area contributed by atoms with Gasteiger partial charge in [0.25, 0.3) is 10.0 Å². The fraction of sp³-hybridized carbons (Fsp3) is 0. The van der Waals surface area contributed by atoms with Gasteiger partial charge in [-0.25, -0.2) is 13.4 Å². The minimum atomic E-state index is -3.63. The molecule has 2 aromatic rings. The Morgan fingerprint density at radius 2 is 2.18 bits per heavy atom. The lowest BCUT2D eigenvalue weighted by Crippen LogP contribution is -2.12. The van der Waals surface area contributed by atoms with E-state index in [2.05, 4.69) is 25.6 Å². The van der Waals surface area contributed by atoms with E-state index in [-0.39, 0.29) is 15.0 Å². The quantitative estimate of drug-likeness (QED) is 0.861. The first-order valence-electron chi connectivity index (χ1n) is 4.37. The molecular formula is C9H6BrClN2O2S2. The molecule has 17 heavy (non-hydrogen) atoms. The van der Waals surface area contributed by atoms with Crippen molar-refractivity contribution >= 4 is 54.6 Å². The summed E-state index contributed by atoms with van der Waals surface area (Å²) in [6.45, 7) is 0. The summed E-state index contributed by atoms with van der Waals surface area (Å²) in [7, 11) is -3.63. The lowest BCUT2D eigenvalue weighted by molar-refractivity contribution is 0.603. The van der Waals surface area contributed by atoms with Crippen LogP contribution in [0.1, 0.15) is 0 Å². The summed E-state index contributed by atoms with van der Waals surface area (Å²) < 4.78 is 27.2. The van der Waals surface area contributed by atoms with Crippen molar-refractivity contribution in [3.8, 4) is 0 Å². The second kappa shape index (κ2) is 4.93. The zero-order valence-corrected chi connectivity index (χ0v) is 12.2. The average Bonchev–Trinajstić information content (AvgIpc) is 2.68. The Bertz CT molecular complexity index is 642. The Morgan fingerprint density at radius 3 is 2.76 bits per heavy atom. The molecule has 0 saturated heterocycles. The van der Waals surface area contributed by atoms with Gasteiger partial charge in [-0.2, -0.15) is 0 Å². The van der Waals surface area contributed by atoms with E-state index >= 15 is 0 Å². The maximum Gasteiger partial charge on any atom is 0.272 e. The molecule has 0 amide bonds. The summed E-state index contributed by atoms with van der Waals surface area (Å²) in [5.74, 6) is 0. The van der Waals surface area contributed by atoms with Gasteiger partial charge in [-0.1, -0.05) is 11.6 Å². The molecule has 0 aliphatic heterocycles. The molecule has 0 spiro atoms. The summed E-state index contributed by atoms with van der Waals surface area (Å²) in [4.78, 5) is 3.80. The predicted molar refractivity (Wildman–Crippen MR) is 72.1 cm³/mol. The largest absolute Gasteiger partial charge is 0.276 e. The van der Waals surface area contributed by atoms with Gasteiger partial charge in [0.15, 0.2) is 9.36 Å². The van der Waals surface area contributed by atoms with Crippen LogP contribution >= 0.6 is 38.9 Å². The summed E-state index contributed by atoms with van der Waals surface area (Å²) in [5, 5.41) is 1.80. The van der Waals surface area contributed by atoms with Crippen molar-refractivity contribution < 1.29 is 8.42 Å². The molecule has 0 atom stereocenters. The molecule has 0 fully saturated rings. The first-order chi connectivity index (χ1) is 8.00. The molecular weight excluding hydrogens is 348 g/mol. The number of hydrogen-bond donors (Lipinski definition) is 1. The van der Waals surface area contributed by atoms with Crippen LogP contribution in [0.2, 0.25) is 5.15 Å². The highest BCUT2D eigenvalue weighted by atomic mass is 79.9. The molecule has 0 radical (unpaired) electrons. The molecule has 2 aromatic heterocycles. The number of rotatable bonds is 3. The molecule has 0 aliphatic rings. The Kier molecular flexibility index (Phi) is 3.72. The van der Waals surface area contributed by atoms with Crippen molar-refractivity contribution in [1.29, 1.82) is 0 Å². The first-order valence-corrected chi connectivity index (χ1v) is 7.90. The summed E-state index contributed by atoms with van der Waals surface area (Å²) >= 11 is 10.1. The predicted octanol–water partition coefficient (Wildman–Crippen LogP) is 3.36. The number of nitrogens with zero attached hydrogens (tertiary/aromatic N) is 1. The van der Waals surface area contributed by atoms with Crippen molar-refractivity contribution in [3.63, 3.8) is 0 Å². The normalized spacial score (nSPS) is 11.4. The van der Waals surface area contributed by atoms with Crippen molar-refractivity contribution in [2.24, 2.45) is 0 Å². The summed E-state index contributed by atoms with van der Waals surface area (Å²) in [6.07, 6.45) is 1.49. The van der Waals surface area contributed by atoms with E-state index < -0.39 is 10.0 Å². The van der Waals surface area contributed by atoms with E-state index in [9.17, 15) is 8.42 Å². The number of anilines is 1. The molecule has 1 N–H and O–H groups in total. The van der Waals surface area contributed by atoms with Crippen molar-refractivity contribution in [3.05, 3.63) is 39.4 Å². The number of thiophene rings is 1. The zero-order valence-electron chi connectivity index (χ0n) is 8.22. The van der Waals surface area contributed by atoms with E-state index in [4.69, 9.17) is 11.6 Å². The summed E-state index contributed by atoms with van der Waals surface area (Å²) in [6, 6.07) is 4.83. The van der Waals surface area contributed by atoms with Crippen LogP contribution in [-0.2, 0) is 10.0 Å². The Labute approximate surface area is 116 Å². The van der Waals surface area contributed by atoms with Gasteiger partial charge in [0.05, 0.1) is 5.69 Å². The maximum atomic E-state index is 12.0. The second-order valence-corrected chi connectivity index (χ2v) is 7.01. The molecule has 0 unspecified atom stereocenters. The second-order valence-electron chi connectivity index (χ2n) is 3.00. The summed E-state index contributed by atoms with van der Waals surface area (Å²) in [5.41, 5.74) is 0.259. The number of sulfonamides is 1. The Hall–Kier alpha value is -0.630. The molecule has 8 heteroatoms. The zero-order chi connectivity index (χ0) is 12.5. The van der Waals surface area contributed by atoms with Crippen LogP contribution in [0.25, 0.3) is 0 Å². The maximum absolute atomic E-state index is 12.0. The van der Waals surface area contributed by atoms with Crippen LogP contribution in [0.3, 0.4) is 0 Å². The van der Waals surface area contributed by atoms with Crippen molar-refractivity contribution in [1.82, 2.24) is 4.98 Å². The van der Waals surface area contributed by atoms with E-state index in [0.29, 0.717) is 4.47 Å². The van der Waals surface area contributed by atoms with Gasteiger partial charge >= 0.3 is 0 Å². The van der Waals surface area contributed by atoms with Gasteiger partial charge in [0.2, 0.25) is 0 Å². The van der Waals surface area contributed by atoms with E-state index in [1.54, 1.807) is 23.6 Å². The van der Waals surface area contributed by atoms with Crippen LogP contribution < -0.4 is 4.72 Å². The minimum Gasteiger partial charge on any atom is -0.276 e. The third kappa shape index (κ3) is 2.79. The van der Waals surface area contributed by atoms with Crippen LogP contribution in [0.5, 0.6) is 0 Å². The SMILES string of the molecule is O=S(=O)(Nc1cccnc1Cl)c1sccc1Br. The Balaban J connectivity index is 2.37. The molecule has 2 rings (SSSR count). The third-order valence-corrected chi connectivity index (χ3v) is 6.17. The number of nitrogens with one attached hydrogen (secondary N) is 1. The van der Waals surface area contributed by atoms with E-state index in [1.165, 1.54) is 6.20 Å². The third-order valence-electron chi connectivity index (χ3n) is 1.83.